The number of carbonyl (C=O) groups is 1. The average Bonchev–Trinajstić information content (AvgIpc) is 3.20. The number of furan rings is 1. The fraction of sp³-hybridized carbons (Fsp3) is 0.357. The molecule has 3 rings (SSSR count). The Bertz CT molecular complexity index is 729. The maximum atomic E-state index is 11.7. The molecule has 0 aliphatic heterocycles. The molecule has 2 heterocycles. The van der Waals surface area contributed by atoms with Crippen LogP contribution in [0.5, 0.6) is 0 Å². The molecule has 0 bridgehead atoms. The lowest BCUT2D eigenvalue weighted by Gasteiger charge is -2.08. The molecule has 10 heteroatoms. The van der Waals surface area contributed by atoms with Crippen LogP contribution in [0.25, 0.3) is 0 Å². The summed E-state index contributed by atoms with van der Waals surface area (Å²) in [4.78, 5) is 30.2. The molecule has 1 saturated carbocycles. The fourth-order valence-corrected chi connectivity index (χ4v) is 1.97. The highest BCUT2D eigenvalue weighted by molar-refractivity contribution is 5.91. The van der Waals surface area contributed by atoms with Gasteiger partial charge in [-0.25, -0.2) is 4.98 Å². The topological polar surface area (TPSA) is 135 Å². The van der Waals surface area contributed by atoms with Crippen molar-refractivity contribution in [3.05, 3.63) is 40.5 Å². The first-order chi connectivity index (χ1) is 11.6. The maximum absolute atomic E-state index is 11.7. The molecule has 10 nitrogen and oxygen atoms in total. The molecular formula is C14H16N6O4. The van der Waals surface area contributed by atoms with Crippen molar-refractivity contribution in [3.8, 4) is 0 Å². The zero-order chi connectivity index (χ0) is 16.9. The highest BCUT2D eigenvalue weighted by Crippen LogP contribution is 2.29. The molecular weight excluding hydrogens is 316 g/mol. The van der Waals surface area contributed by atoms with Gasteiger partial charge in [-0.1, -0.05) is 0 Å². The first-order valence-electron chi connectivity index (χ1n) is 7.47. The largest absolute Gasteiger partial charge is 0.459 e. The van der Waals surface area contributed by atoms with Crippen LogP contribution in [0.2, 0.25) is 0 Å². The third-order valence-corrected chi connectivity index (χ3v) is 3.32. The van der Waals surface area contributed by atoms with E-state index in [0.29, 0.717) is 13.1 Å². The standard InChI is InChI=1S/C14H16N6O4/c21-13(11-2-1-7-24-11)15-5-6-16-14-17-8-10(20(22)23)12(19-14)18-9-3-4-9/h1-2,7-9H,3-6H2,(H,15,21)(H2,16,17,18,19). The third kappa shape index (κ3) is 3.97. The van der Waals surface area contributed by atoms with Gasteiger partial charge < -0.3 is 20.4 Å². The highest BCUT2D eigenvalue weighted by Gasteiger charge is 2.26. The summed E-state index contributed by atoms with van der Waals surface area (Å²) < 4.78 is 4.98. The summed E-state index contributed by atoms with van der Waals surface area (Å²) in [6.07, 6.45) is 4.54. The molecule has 2 aromatic heterocycles. The van der Waals surface area contributed by atoms with Crippen LogP contribution in [0.15, 0.2) is 29.0 Å². The van der Waals surface area contributed by atoms with Crippen molar-refractivity contribution in [2.45, 2.75) is 18.9 Å². The predicted molar refractivity (Wildman–Crippen MR) is 84.9 cm³/mol. The fourth-order valence-electron chi connectivity index (χ4n) is 1.97. The van der Waals surface area contributed by atoms with E-state index in [4.69, 9.17) is 4.42 Å². The molecule has 1 amide bonds. The van der Waals surface area contributed by atoms with Gasteiger partial charge in [0.1, 0.15) is 6.20 Å². The van der Waals surface area contributed by atoms with Gasteiger partial charge in [-0.15, -0.1) is 0 Å². The number of aromatic nitrogens is 2. The van der Waals surface area contributed by atoms with Gasteiger partial charge in [0.25, 0.3) is 5.91 Å². The minimum absolute atomic E-state index is 0.154. The smallest absolute Gasteiger partial charge is 0.329 e. The van der Waals surface area contributed by atoms with Gasteiger partial charge in [0.05, 0.1) is 11.2 Å². The van der Waals surface area contributed by atoms with Crippen LogP contribution < -0.4 is 16.0 Å². The number of hydrogen-bond acceptors (Lipinski definition) is 8. The van der Waals surface area contributed by atoms with Crippen molar-refractivity contribution in [1.82, 2.24) is 15.3 Å². The number of anilines is 2. The molecule has 1 aliphatic rings. The number of hydrogen-bond donors (Lipinski definition) is 3. The Morgan fingerprint density at radius 1 is 1.42 bits per heavy atom. The average molecular weight is 332 g/mol. The maximum Gasteiger partial charge on any atom is 0.329 e. The van der Waals surface area contributed by atoms with Gasteiger partial charge in [0.2, 0.25) is 11.8 Å². The molecule has 0 atom stereocenters. The lowest BCUT2D eigenvalue weighted by molar-refractivity contribution is -0.384. The number of nitrogens with zero attached hydrogens (tertiary/aromatic N) is 3. The summed E-state index contributed by atoms with van der Waals surface area (Å²) >= 11 is 0. The first-order valence-corrected chi connectivity index (χ1v) is 7.47. The summed E-state index contributed by atoms with van der Waals surface area (Å²) in [6, 6.07) is 3.43. The number of carbonyl (C=O) groups excluding carboxylic acids is 1. The zero-order valence-electron chi connectivity index (χ0n) is 12.7. The monoisotopic (exact) mass is 332 g/mol. The molecule has 0 saturated heterocycles. The molecule has 2 aromatic rings. The summed E-state index contributed by atoms with van der Waals surface area (Å²) in [5, 5.41) is 19.6. The number of nitro groups is 1. The highest BCUT2D eigenvalue weighted by atomic mass is 16.6. The van der Waals surface area contributed by atoms with E-state index in [1.165, 1.54) is 12.5 Å². The minimum Gasteiger partial charge on any atom is -0.459 e. The van der Waals surface area contributed by atoms with Gasteiger partial charge in [-0.05, 0) is 25.0 Å². The van der Waals surface area contributed by atoms with Crippen molar-refractivity contribution in [1.29, 1.82) is 0 Å². The van der Waals surface area contributed by atoms with E-state index >= 15 is 0 Å². The van der Waals surface area contributed by atoms with Crippen molar-refractivity contribution in [3.63, 3.8) is 0 Å². The molecule has 1 aliphatic carbocycles. The predicted octanol–water partition coefficient (Wildman–Crippen LogP) is 1.39. The summed E-state index contributed by atoms with van der Waals surface area (Å²) in [6.45, 7) is 0.693. The lowest BCUT2D eigenvalue weighted by Crippen LogP contribution is -2.28. The van der Waals surface area contributed by atoms with Gasteiger partial charge in [0, 0.05) is 19.1 Å². The lowest BCUT2D eigenvalue weighted by atomic mass is 10.4. The Hall–Kier alpha value is -3.17. The summed E-state index contributed by atoms with van der Waals surface area (Å²) in [5.74, 6) is 0.385. The van der Waals surface area contributed by atoms with Crippen molar-refractivity contribution < 1.29 is 14.1 Å². The van der Waals surface area contributed by atoms with Crippen molar-refractivity contribution in [2.75, 3.05) is 23.7 Å². The quantitative estimate of drug-likeness (QED) is 0.375. The zero-order valence-corrected chi connectivity index (χ0v) is 12.7. The molecule has 0 unspecified atom stereocenters. The van der Waals surface area contributed by atoms with Crippen LogP contribution in [-0.2, 0) is 0 Å². The Balaban J connectivity index is 1.53. The van der Waals surface area contributed by atoms with Crippen LogP contribution in [0, 0.1) is 10.1 Å². The van der Waals surface area contributed by atoms with Gasteiger partial charge in [-0.2, -0.15) is 4.98 Å². The molecule has 1 fully saturated rings. The van der Waals surface area contributed by atoms with E-state index in [1.807, 2.05) is 0 Å². The second kappa shape index (κ2) is 6.94. The third-order valence-electron chi connectivity index (χ3n) is 3.32. The molecule has 0 spiro atoms. The van der Waals surface area contributed by atoms with E-state index in [1.54, 1.807) is 12.1 Å². The van der Waals surface area contributed by atoms with E-state index < -0.39 is 4.92 Å². The van der Waals surface area contributed by atoms with Crippen LogP contribution in [0.4, 0.5) is 17.5 Å². The van der Waals surface area contributed by atoms with Gasteiger partial charge in [-0.3, -0.25) is 14.9 Å². The Labute approximate surface area is 136 Å². The van der Waals surface area contributed by atoms with Crippen LogP contribution >= 0.6 is 0 Å². The molecule has 3 N–H and O–H groups in total. The van der Waals surface area contributed by atoms with Gasteiger partial charge in [0.15, 0.2) is 5.76 Å². The van der Waals surface area contributed by atoms with Crippen LogP contribution in [0.1, 0.15) is 23.4 Å². The molecule has 0 radical (unpaired) electrons. The Kier molecular flexibility index (Phi) is 4.54. The Morgan fingerprint density at radius 3 is 2.92 bits per heavy atom. The summed E-state index contributed by atoms with van der Waals surface area (Å²) in [5.41, 5.74) is -0.154. The molecule has 0 aromatic carbocycles. The number of amides is 1. The second-order valence-electron chi connectivity index (χ2n) is 5.26. The SMILES string of the molecule is O=C(NCCNc1ncc([N+](=O)[O-])c(NC2CC2)n1)c1ccco1. The second-order valence-corrected chi connectivity index (χ2v) is 5.26. The molecule has 24 heavy (non-hydrogen) atoms. The van der Waals surface area contributed by atoms with E-state index in [0.717, 1.165) is 12.8 Å². The summed E-state index contributed by atoms with van der Waals surface area (Å²) in [7, 11) is 0. The van der Waals surface area contributed by atoms with E-state index in [-0.39, 0.29) is 35.2 Å². The number of nitrogens with one attached hydrogen (secondary N) is 3. The van der Waals surface area contributed by atoms with Crippen LogP contribution in [-0.4, -0.2) is 39.9 Å². The molecule has 126 valence electrons. The minimum atomic E-state index is -0.516. The van der Waals surface area contributed by atoms with Crippen molar-refractivity contribution >= 4 is 23.4 Å². The first kappa shape index (κ1) is 15.7. The Morgan fingerprint density at radius 2 is 2.25 bits per heavy atom. The number of rotatable bonds is 8. The van der Waals surface area contributed by atoms with Gasteiger partial charge >= 0.3 is 5.69 Å². The van der Waals surface area contributed by atoms with E-state index in [2.05, 4.69) is 25.9 Å². The normalized spacial score (nSPS) is 13.3. The van der Waals surface area contributed by atoms with E-state index in [9.17, 15) is 14.9 Å². The van der Waals surface area contributed by atoms with Crippen molar-refractivity contribution in [2.24, 2.45) is 0 Å². The van der Waals surface area contributed by atoms with Crippen LogP contribution in [0.3, 0.4) is 0 Å².